The van der Waals surface area contributed by atoms with E-state index in [9.17, 15) is 18.0 Å². The van der Waals surface area contributed by atoms with Gasteiger partial charge in [-0.1, -0.05) is 87.0 Å². The Labute approximate surface area is 226 Å². The summed E-state index contributed by atoms with van der Waals surface area (Å²) in [5.74, 6) is -0.580. The maximum atomic E-state index is 13.1. The highest BCUT2D eigenvalue weighted by Crippen LogP contribution is 2.25. The lowest BCUT2D eigenvalue weighted by Crippen LogP contribution is -2.41. The van der Waals surface area contributed by atoms with Crippen molar-refractivity contribution in [3.63, 3.8) is 0 Å². The molecule has 1 aliphatic heterocycles. The average molecular weight is 533 g/mol. The van der Waals surface area contributed by atoms with Gasteiger partial charge in [-0.15, -0.1) is 0 Å². The number of ketones is 1. The third-order valence-electron chi connectivity index (χ3n) is 7.06. The van der Waals surface area contributed by atoms with E-state index in [0.717, 1.165) is 16.7 Å². The standard InChI is InChI=1S/C31H36N2O4S/c1-22-7-5-8-23(19-22)21-38(36,37)33-17-15-25(16-18-33)30(35)32-28-10-6-9-26(20-28)29(34)24-11-13-27(14-12-24)31(2,3)4/h5-14,19-20,25H,15-18,21H2,1-4H3,(H,32,35). The Balaban J connectivity index is 1.35. The summed E-state index contributed by atoms with van der Waals surface area (Å²) in [5.41, 5.74) is 4.61. The van der Waals surface area contributed by atoms with E-state index in [4.69, 9.17) is 0 Å². The van der Waals surface area contributed by atoms with E-state index < -0.39 is 10.0 Å². The van der Waals surface area contributed by atoms with Crippen LogP contribution in [0.3, 0.4) is 0 Å². The molecule has 1 fully saturated rings. The lowest BCUT2D eigenvalue weighted by Gasteiger charge is -2.30. The molecule has 0 bridgehead atoms. The molecular weight excluding hydrogens is 496 g/mol. The average Bonchev–Trinajstić information content (AvgIpc) is 2.88. The van der Waals surface area contributed by atoms with E-state index in [1.54, 1.807) is 24.3 Å². The van der Waals surface area contributed by atoms with E-state index in [1.807, 2.05) is 55.5 Å². The number of hydrogen-bond acceptors (Lipinski definition) is 4. The largest absolute Gasteiger partial charge is 0.326 e. The molecule has 0 aromatic heterocycles. The molecule has 1 amide bonds. The normalized spacial score (nSPS) is 15.3. The van der Waals surface area contributed by atoms with Crippen LogP contribution >= 0.6 is 0 Å². The minimum Gasteiger partial charge on any atom is -0.326 e. The van der Waals surface area contributed by atoms with Crippen molar-refractivity contribution < 1.29 is 18.0 Å². The minimum absolute atomic E-state index is 0.00707. The SMILES string of the molecule is Cc1cccc(CS(=O)(=O)N2CCC(C(=O)Nc3cccc(C(=O)c4ccc(C(C)(C)C)cc4)c3)CC2)c1. The summed E-state index contributed by atoms with van der Waals surface area (Å²) in [6, 6.07) is 22.1. The molecular formula is C31H36N2O4S. The van der Waals surface area contributed by atoms with E-state index in [0.29, 0.717) is 42.7 Å². The molecule has 0 spiro atoms. The van der Waals surface area contributed by atoms with Crippen molar-refractivity contribution in [2.75, 3.05) is 18.4 Å². The van der Waals surface area contributed by atoms with Gasteiger partial charge in [0.1, 0.15) is 0 Å². The van der Waals surface area contributed by atoms with E-state index in [1.165, 1.54) is 4.31 Å². The molecule has 7 heteroatoms. The Bertz CT molecular complexity index is 1410. The molecule has 6 nitrogen and oxygen atoms in total. The van der Waals surface area contributed by atoms with Crippen LogP contribution in [0.15, 0.2) is 72.8 Å². The number of amides is 1. The van der Waals surface area contributed by atoms with E-state index in [-0.39, 0.29) is 28.8 Å². The van der Waals surface area contributed by atoms with Gasteiger partial charge < -0.3 is 5.32 Å². The molecule has 1 N–H and O–H groups in total. The second-order valence-corrected chi connectivity index (χ2v) is 13.1. The molecule has 0 atom stereocenters. The summed E-state index contributed by atoms with van der Waals surface area (Å²) in [5, 5.41) is 2.93. The number of carbonyl (C=O) groups excluding carboxylic acids is 2. The predicted octanol–water partition coefficient (Wildman–Crippen LogP) is 5.70. The van der Waals surface area contributed by atoms with E-state index in [2.05, 4.69) is 26.1 Å². The van der Waals surface area contributed by atoms with Crippen molar-refractivity contribution in [3.05, 3.63) is 101 Å². The zero-order chi connectivity index (χ0) is 27.5. The number of anilines is 1. The smallest absolute Gasteiger partial charge is 0.227 e. The molecule has 1 aliphatic rings. The fourth-order valence-electron chi connectivity index (χ4n) is 4.77. The first-order valence-corrected chi connectivity index (χ1v) is 14.6. The van der Waals surface area contributed by atoms with Gasteiger partial charge in [-0.3, -0.25) is 9.59 Å². The van der Waals surface area contributed by atoms with Crippen LogP contribution in [0, 0.1) is 12.8 Å². The zero-order valence-corrected chi connectivity index (χ0v) is 23.3. The first kappa shape index (κ1) is 27.7. The Hall–Kier alpha value is -3.29. The van der Waals surface area contributed by atoms with Crippen LogP contribution in [-0.4, -0.2) is 37.5 Å². The Morgan fingerprint density at radius 1 is 0.895 bits per heavy atom. The van der Waals surface area contributed by atoms with Crippen molar-refractivity contribution in [1.82, 2.24) is 4.31 Å². The second kappa shape index (κ2) is 11.2. The number of carbonyl (C=O) groups is 2. The van der Waals surface area contributed by atoms with Crippen LogP contribution < -0.4 is 5.32 Å². The zero-order valence-electron chi connectivity index (χ0n) is 22.5. The van der Waals surface area contributed by atoms with Crippen LogP contribution in [-0.2, 0) is 26.0 Å². The summed E-state index contributed by atoms with van der Waals surface area (Å²) in [6.45, 7) is 8.96. The number of hydrogen-bond donors (Lipinski definition) is 1. The third kappa shape index (κ3) is 6.77. The second-order valence-electron chi connectivity index (χ2n) is 11.1. The Morgan fingerprint density at radius 2 is 1.55 bits per heavy atom. The first-order valence-electron chi connectivity index (χ1n) is 13.0. The molecule has 1 heterocycles. The van der Waals surface area contributed by atoms with Gasteiger partial charge in [0.25, 0.3) is 0 Å². The lowest BCUT2D eigenvalue weighted by molar-refractivity contribution is -0.120. The van der Waals surface area contributed by atoms with Gasteiger partial charge in [-0.05, 0) is 48.4 Å². The summed E-state index contributed by atoms with van der Waals surface area (Å²) in [6.07, 6.45) is 0.912. The summed E-state index contributed by atoms with van der Waals surface area (Å²) >= 11 is 0. The number of piperidine rings is 1. The van der Waals surface area contributed by atoms with Gasteiger partial charge >= 0.3 is 0 Å². The van der Waals surface area contributed by atoms with Crippen LogP contribution in [0.2, 0.25) is 0 Å². The monoisotopic (exact) mass is 532 g/mol. The highest BCUT2D eigenvalue weighted by atomic mass is 32.2. The van der Waals surface area contributed by atoms with Crippen LogP contribution in [0.25, 0.3) is 0 Å². The summed E-state index contributed by atoms with van der Waals surface area (Å²) in [4.78, 5) is 26.0. The molecule has 0 saturated carbocycles. The van der Waals surface area contributed by atoms with Crippen molar-refractivity contribution in [2.45, 2.75) is 51.7 Å². The van der Waals surface area contributed by atoms with Crippen LogP contribution in [0.1, 0.15) is 66.2 Å². The lowest BCUT2D eigenvalue weighted by atomic mass is 9.86. The molecule has 38 heavy (non-hydrogen) atoms. The highest BCUT2D eigenvalue weighted by molar-refractivity contribution is 7.88. The molecule has 1 saturated heterocycles. The van der Waals surface area contributed by atoms with Gasteiger partial charge in [0, 0.05) is 35.8 Å². The number of rotatable bonds is 7. The first-order chi connectivity index (χ1) is 17.9. The minimum atomic E-state index is -3.45. The fourth-order valence-corrected chi connectivity index (χ4v) is 6.32. The maximum Gasteiger partial charge on any atom is 0.227 e. The van der Waals surface area contributed by atoms with Gasteiger partial charge in [-0.2, -0.15) is 0 Å². The Kier molecular flexibility index (Phi) is 8.19. The molecule has 0 radical (unpaired) electrons. The molecule has 3 aromatic carbocycles. The highest BCUT2D eigenvalue weighted by Gasteiger charge is 2.31. The van der Waals surface area contributed by atoms with Crippen molar-refractivity contribution in [3.8, 4) is 0 Å². The van der Waals surface area contributed by atoms with Crippen LogP contribution in [0.4, 0.5) is 5.69 Å². The van der Waals surface area contributed by atoms with Crippen molar-refractivity contribution >= 4 is 27.4 Å². The third-order valence-corrected chi connectivity index (χ3v) is 8.91. The number of nitrogens with zero attached hydrogens (tertiary/aromatic N) is 1. The molecule has 3 aromatic rings. The predicted molar refractivity (Wildman–Crippen MR) is 152 cm³/mol. The van der Waals surface area contributed by atoms with Crippen LogP contribution in [0.5, 0.6) is 0 Å². The number of nitrogens with one attached hydrogen (secondary N) is 1. The van der Waals surface area contributed by atoms with Gasteiger partial charge in [0.15, 0.2) is 5.78 Å². The quantitative estimate of drug-likeness (QED) is 0.396. The number of sulfonamides is 1. The number of aryl methyl sites for hydroxylation is 1. The van der Waals surface area contributed by atoms with Gasteiger partial charge in [0.2, 0.25) is 15.9 Å². The summed E-state index contributed by atoms with van der Waals surface area (Å²) in [7, 11) is -3.45. The molecule has 0 unspecified atom stereocenters. The van der Waals surface area contributed by atoms with E-state index >= 15 is 0 Å². The van der Waals surface area contributed by atoms with Crippen molar-refractivity contribution in [1.29, 1.82) is 0 Å². The molecule has 4 rings (SSSR count). The molecule has 0 aliphatic carbocycles. The Morgan fingerprint density at radius 3 is 2.18 bits per heavy atom. The van der Waals surface area contributed by atoms with Crippen molar-refractivity contribution in [2.24, 2.45) is 5.92 Å². The fraction of sp³-hybridized carbons (Fsp3) is 0.355. The topological polar surface area (TPSA) is 83.6 Å². The van der Waals surface area contributed by atoms with Gasteiger partial charge in [-0.25, -0.2) is 12.7 Å². The number of benzene rings is 3. The molecule has 200 valence electrons. The summed E-state index contributed by atoms with van der Waals surface area (Å²) < 4.78 is 27.3. The maximum absolute atomic E-state index is 13.1. The van der Waals surface area contributed by atoms with Gasteiger partial charge in [0.05, 0.1) is 5.75 Å².